The maximum Gasteiger partial charge on any atom is 0.0454 e. The molecule has 0 aromatic heterocycles. The second-order valence-corrected chi connectivity index (χ2v) is 5.77. The first-order chi connectivity index (χ1) is 9.76. The van der Waals surface area contributed by atoms with Gasteiger partial charge < -0.3 is 5.73 Å². The number of nitrogens with zero attached hydrogens (tertiary/aromatic N) is 1. The molecule has 0 fully saturated rings. The zero-order valence-corrected chi connectivity index (χ0v) is 12.2. The minimum Gasteiger partial charge on any atom is -0.326 e. The third kappa shape index (κ3) is 2.88. The molecule has 0 bridgehead atoms. The predicted octanol–water partition coefficient (Wildman–Crippen LogP) is 3.36. The van der Waals surface area contributed by atoms with Gasteiger partial charge in [-0.1, -0.05) is 48.0 Å². The molecule has 1 aliphatic heterocycles. The highest BCUT2D eigenvalue weighted by molar-refractivity contribution is 6.31. The molecule has 20 heavy (non-hydrogen) atoms. The normalized spacial score (nSPS) is 15.1. The Morgan fingerprint density at radius 3 is 2.65 bits per heavy atom. The Balaban J connectivity index is 1.73. The van der Waals surface area contributed by atoms with Crippen LogP contribution in [-0.4, -0.2) is 11.4 Å². The molecule has 0 amide bonds. The SMILES string of the molecule is NCc1ccc(CN2CCc3ccccc3C2)c(Cl)c1. The molecule has 0 unspecified atom stereocenters. The number of nitrogens with two attached hydrogens (primary N) is 1. The van der Waals surface area contributed by atoms with E-state index in [9.17, 15) is 0 Å². The minimum absolute atomic E-state index is 0.539. The van der Waals surface area contributed by atoms with Gasteiger partial charge >= 0.3 is 0 Å². The van der Waals surface area contributed by atoms with Gasteiger partial charge in [-0.05, 0) is 34.7 Å². The van der Waals surface area contributed by atoms with Gasteiger partial charge in [-0.25, -0.2) is 0 Å². The summed E-state index contributed by atoms with van der Waals surface area (Å²) in [7, 11) is 0. The molecule has 2 aromatic rings. The monoisotopic (exact) mass is 286 g/mol. The van der Waals surface area contributed by atoms with E-state index in [0.29, 0.717) is 6.54 Å². The Bertz CT molecular complexity index is 610. The molecule has 2 N–H and O–H groups in total. The van der Waals surface area contributed by atoms with Crippen molar-refractivity contribution in [1.82, 2.24) is 4.90 Å². The topological polar surface area (TPSA) is 29.3 Å². The highest BCUT2D eigenvalue weighted by Crippen LogP contribution is 2.24. The van der Waals surface area contributed by atoms with Gasteiger partial charge in [0.15, 0.2) is 0 Å². The third-order valence-electron chi connectivity index (χ3n) is 3.96. The predicted molar refractivity (Wildman–Crippen MR) is 83.6 cm³/mol. The summed E-state index contributed by atoms with van der Waals surface area (Å²) in [6.07, 6.45) is 1.12. The van der Waals surface area contributed by atoms with Crippen molar-refractivity contribution >= 4 is 11.6 Å². The molecule has 0 saturated carbocycles. The fourth-order valence-corrected chi connectivity index (χ4v) is 3.04. The van der Waals surface area contributed by atoms with E-state index in [1.807, 2.05) is 6.07 Å². The highest BCUT2D eigenvalue weighted by atomic mass is 35.5. The van der Waals surface area contributed by atoms with Crippen molar-refractivity contribution in [2.45, 2.75) is 26.1 Å². The van der Waals surface area contributed by atoms with Crippen LogP contribution in [0.15, 0.2) is 42.5 Å². The number of rotatable bonds is 3. The minimum atomic E-state index is 0.539. The number of fused-ring (bicyclic) bond motifs is 1. The van der Waals surface area contributed by atoms with Gasteiger partial charge in [-0.15, -0.1) is 0 Å². The van der Waals surface area contributed by atoms with Gasteiger partial charge in [0, 0.05) is 31.2 Å². The van der Waals surface area contributed by atoms with Gasteiger partial charge in [0.1, 0.15) is 0 Å². The van der Waals surface area contributed by atoms with Crippen molar-refractivity contribution < 1.29 is 0 Å². The summed E-state index contributed by atoms with van der Waals surface area (Å²) in [4.78, 5) is 2.45. The Kier molecular flexibility index (Phi) is 4.06. The second-order valence-electron chi connectivity index (χ2n) is 5.36. The summed E-state index contributed by atoms with van der Waals surface area (Å²) >= 11 is 6.35. The molecule has 3 heteroatoms. The maximum atomic E-state index is 6.35. The Morgan fingerprint density at radius 2 is 1.90 bits per heavy atom. The van der Waals surface area contributed by atoms with Crippen LogP contribution in [0.3, 0.4) is 0 Å². The lowest BCUT2D eigenvalue weighted by Gasteiger charge is -2.29. The van der Waals surface area contributed by atoms with E-state index in [0.717, 1.165) is 36.6 Å². The molecule has 0 atom stereocenters. The summed E-state index contributed by atoms with van der Waals surface area (Å²) in [5.41, 5.74) is 10.8. The number of halogens is 1. The van der Waals surface area contributed by atoms with Crippen LogP contribution < -0.4 is 5.73 Å². The smallest absolute Gasteiger partial charge is 0.0454 e. The molecule has 2 nitrogen and oxygen atoms in total. The Hall–Kier alpha value is -1.35. The van der Waals surface area contributed by atoms with Gasteiger partial charge in [0.25, 0.3) is 0 Å². The van der Waals surface area contributed by atoms with Crippen LogP contribution in [-0.2, 0) is 26.1 Å². The molecule has 104 valence electrons. The largest absolute Gasteiger partial charge is 0.326 e. The third-order valence-corrected chi connectivity index (χ3v) is 4.31. The van der Waals surface area contributed by atoms with Crippen LogP contribution in [0.4, 0.5) is 0 Å². The average molecular weight is 287 g/mol. The van der Waals surface area contributed by atoms with Crippen LogP contribution in [0.25, 0.3) is 0 Å². The van der Waals surface area contributed by atoms with E-state index in [1.165, 1.54) is 16.7 Å². The van der Waals surface area contributed by atoms with E-state index in [2.05, 4.69) is 41.3 Å². The van der Waals surface area contributed by atoms with Crippen LogP contribution >= 0.6 is 11.6 Å². The van der Waals surface area contributed by atoms with E-state index in [1.54, 1.807) is 0 Å². The quantitative estimate of drug-likeness (QED) is 0.937. The molecule has 0 aliphatic carbocycles. The summed E-state index contributed by atoms with van der Waals surface area (Å²) < 4.78 is 0. The van der Waals surface area contributed by atoms with Crippen molar-refractivity contribution in [2.24, 2.45) is 5.73 Å². The molecular formula is C17H19ClN2. The zero-order valence-electron chi connectivity index (χ0n) is 11.5. The lowest BCUT2D eigenvalue weighted by Crippen LogP contribution is -2.30. The second kappa shape index (κ2) is 5.96. The summed E-state index contributed by atoms with van der Waals surface area (Å²) in [5.74, 6) is 0. The Morgan fingerprint density at radius 1 is 1.10 bits per heavy atom. The number of hydrogen-bond acceptors (Lipinski definition) is 2. The van der Waals surface area contributed by atoms with Crippen molar-refractivity contribution in [3.8, 4) is 0 Å². The first-order valence-corrected chi connectivity index (χ1v) is 7.40. The molecule has 2 aromatic carbocycles. The van der Waals surface area contributed by atoms with Gasteiger partial charge in [-0.3, -0.25) is 4.90 Å². The lowest BCUT2D eigenvalue weighted by molar-refractivity contribution is 0.245. The van der Waals surface area contributed by atoms with Crippen LogP contribution in [0, 0.1) is 0 Å². The average Bonchev–Trinajstić information content (AvgIpc) is 2.49. The molecule has 1 aliphatic rings. The van der Waals surface area contributed by atoms with Crippen LogP contribution in [0.5, 0.6) is 0 Å². The summed E-state index contributed by atoms with van der Waals surface area (Å²) in [5, 5.41) is 0.826. The van der Waals surface area contributed by atoms with Crippen molar-refractivity contribution in [3.05, 3.63) is 69.7 Å². The van der Waals surface area contributed by atoms with Crippen molar-refractivity contribution in [2.75, 3.05) is 6.54 Å². The first kappa shape index (κ1) is 13.6. The van der Waals surface area contributed by atoms with Gasteiger partial charge in [-0.2, -0.15) is 0 Å². The molecule has 0 saturated heterocycles. The van der Waals surface area contributed by atoms with E-state index >= 15 is 0 Å². The number of benzene rings is 2. The standard InChI is InChI=1S/C17H19ClN2/c18-17-9-13(10-19)5-6-16(17)12-20-8-7-14-3-1-2-4-15(14)11-20/h1-6,9H,7-8,10-12,19H2. The molecular weight excluding hydrogens is 268 g/mol. The molecule has 3 rings (SSSR count). The fraction of sp³-hybridized carbons (Fsp3) is 0.294. The maximum absolute atomic E-state index is 6.35. The van der Waals surface area contributed by atoms with Gasteiger partial charge in [0.2, 0.25) is 0 Å². The lowest BCUT2D eigenvalue weighted by atomic mass is 9.99. The summed E-state index contributed by atoms with van der Waals surface area (Å²) in [6.45, 7) is 3.53. The Labute approximate surface area is 125 Å². The molecule has 1 heterocycles. The fourth-order valence-electron chi connectivity index (χ4n) is 2.78. The van der Waals surface area contributed by atoms with E-state index < -0.39 is 0 Å². The van der Waals surface area contributed by atoms with Crippen LogP contribution in [0.2, 0.25) is 5.02 Å². The highest BCUT2D eigenvalue weighted by Gasteiger charge is 2.16. The zero-order chi connectivity index (χ0) is 13.9. The van der Waals surface area contributed by atoms with E-state index in [-0.39, 0.29) is 0 Å². The summed E-state index contributed by atoms with van der Waals surface area (Å²) in [6, 6.07) is 14.8. The van der Waals surface area contributed by atoms with Crippen LogP contribution in [0.1, 0.15) is 22.3 Å². The van der Waals surface area contributed by atoms with Crippen molar-refractivity contribution in [1.29, 1.82) is 0 Å². The van der Waals surface area contributed by atoms with Crippen molar-refractivity contribution in [3.63, 3.8) is 0 Å². The van der Waals surface area contributed by atoms with E-state index in [4.69, 9.17) is 17.3 Å². The molecule has 0 radical (unpaired) electrons. The van der Waals surface area contributed by atoms with Gasteiger partial charge in [0.05, 0.1) is 0 Å². The first-order valence-electron chi connectivity index (χ1n) is 7.03. The molecule has 0 spiro atoms. The number of hydrogen-bond donors (Lipinski definition) is 1.